The number of hydrogen-bond acceptors (Lipinski definition) is 5. The molecule has 3 aromatic heterocycles. The Balaban J connectivity index is 1.59. The van der Waals surface area contributed by atoms with Crippen LogP contribution < -0.4 is 5.32 Å². The molecule has 34 heavy (non-hydrogen) atoms. The summed E-state index contributed by atoms with van der Waals surface area (Å²) in [5, 5.41) is 11.3. The number of carbonyl (C=O) groups is 1. The van der Waals surface area contributed by atoms with Crippen LogP contribution in [0.2, 0.25) is 10.0 Å². The van der Waals surface area contributed by atoms with E-state index in [-0.39, 0.29) is 29.5 Å². The third-order valence-electron chi connectivity index (χ3n) is 4.83. The molecule has 0 unspecified atom stereocenters. The van der Waals surface area contributed by atoms with Gasteiger partial charge in [0.05, 0.1) is 12.2 Å². The van der Waals surface area contributed by atoms with E-state index < -0.39 is 23.2 Å². The van der Waals surface area contributed by atoms with Crippen molar-refractivity contribution in [1.29, 1.82) is 0 Å². The van der Waals surface area contributed by atoms with E-state index in [2.05, 4.69) is 25.5 Å². The van der Waals surface area contributed by atoms with E-state index in [9.17, 15) is 18.0 Å². The van der Waals surface area contributed by atoms with Gasteiger partial charge in [-0.15, -0.1) is 5.10 Å². The van der Waals surface area contributed by atoms with Crippen molar-refractivity contribution in [2.45, 2.75) is 38.9 Å². The number of anilines is 1. The molecule has 0 aliphatic rings. The van der Waals surface area contributed by atoms with Crippen LogP contribution in [-0.2, 0) is 18.1 Å². The maximum Gasteiger partial charge on any atom is 0.433 e. The highest BCUT2D eigenvalue weighted by Crippen LogP contribution is 2.32. The lowest BCUT2D eigenvalue weighted by atomic mass is 9.91. The van der Waals surface area contributed by atoms with Crippen molar-refractivity contribution < 1.29 is 18.0 Å². The number of halogens is 5. The number of alkyl halides is 3. The second-order valence-corrected chi connectivity index (χ2v) is 9.37. The zero-order valence-electron chi connectivity index (χ0n) is 18.2. The topological polar surface area (TPSA) is 90.0 Å². The summed E-state index contributed by atoms with van der Waals surface area (Å²) in [6.45, 7) is 5.50. The maximum atomic E-state index is 13.6. The first kappa shape index (κ1) is 24.0. The number of nitrogens with zero attached hydrogens (tertiary/aromatic N) is 6. The standard InChI is InChI=1S/C21H18Cl2F3N7O/c1-20(2,3)15-8-16(21(24,25)26)33-17(28-15)7-14(30-33)18(34)29-19-27-10-32(31-19)9-11-4-5-12(22)6-13(11)23/h4-8,10H,9H2,1-3H3,(H,29,31,34). The lowest BCUT2D eigenvalue weighted by Crippen LogP contribution is -2.20. The fraction of sp³-hybridized carbons (Fsp3) is 0.286. The van der Waals surface area contributed by atoms with Gasteiger partial charge >= 0.3 is 6.18 Å². The molecule has 0 saturated carbocycles. The van der Waals surface area contributed by atoms with Gasteiger partial charge in [-0.05, 0) is 23.8 Å². The summed E-state index contributed by atoms with van der Waals surface area (Å²) in [6, 6.07) is 7.13. The maximum absolute atomic E-state index is 13.6. The molecular formula is C21H18Cl2F3N7O. The molecule has 1 aromatic carbocycles. The van der Waals surface area contributed by atoms with Gasteiger partial charge in [-0.2, -0.15) is 18.3 Å². The van der Waals surface area contributed by atoms with E-state index in [0.29, 0.717) is 14.6 Å². The number of fused-ring (bicyclic) bond motifs is 1. The second-order valence-electron chi connectivity index (χ2n) is 8.53. The molecule has 4 aromatic rings. The number of carbonyl (C=O) groups excluding carboxylic acids is 1. The fourth-order valence-electron chi connectivity index (χ4n) is 3.09. The van der Waals surface area contributed by atoms with Crippen molar-refractivity contribution in [3.8, 4) is 0 Å². The Morgan fingerprint density at radius 2 is 1.82 bits per heavy atom. The number of hydrogen-bond donors (Lipinski definition) is 1. The molecule has 0 atom stereocenters. The van der Waals surface area contributed by atoms with Crippen LogP contribution in [0.3, 0.4) is 0 Å². The predicted octanol–water partition coefficient (Wildman–Crippen LogP) is 5.24. The molecule has 3 heterocycles. The van der Waals surface area contributed by atoms with Crippen molar-refractivity contribution in [1.82, 2.24) is 29.4 Å². The SMILES string of the molecule is CC(C)(C)c1cc(C(F)(F)F)n2nc(C(=O)Nc3ncn(Cc4ccc(Cl)cc4Cl)n3)cc2n1. The minimum Gasteiger partial charge on any atom is -0.288 e. The highest BCUT2D eigenvalue weighted by molar-refractivity contribution is 6.35. The van der Waals surface area contributed by atoms with Crippen molar-refractivity contribution in [2.75, 3.05) is 5.32 Å². The van der Waals surface area contributed by atoms with Crippen LogP contribution in [0.4, 0.5) is 19.1 Å². The summed E-state index contributed by atoms with van der Waals surface area (Å²) in [5.74, 6) is -0.829. The Kier molecular flexibility index (Phi) is 6.03. The molecule has 8 nitrogen and oxygen atoms in total. The summed E-state index contributed by atoms with van der Waals surface area (Å²) in [4.78, 5) is 20.9. The molecular weight excluding hydrogens is 494 g/mol. The van der Waals surface area contributed by atoms with Crippen molar-refractivity contribution >= 4 is 40.7 Å². The van der Waals surface area contributed by atoms with Gasteiger partial charge in [-0.3, -0.25) is 10.1 Å². The number of benzene rings is 1. The summed E-state index contributed by atoms with van der Waals surface area (Å²) in [7, 11) is 0. The first-order valence-corrected chi connectivity index (χ1v) is 10.7. The Morgan fingerprint density at radius 1 is 1.09 bits per heavy atom. The van der Waals surface area contributed by atoms with Crippen LogP contribution >= 0.6 is 23.2 Å². The molecule has 0 saturated heterocycles. The molecule has 1 N–H and O–H groups in total. The normalized spacial score (nSPS) is 12.4. The largest absolute Gasteiger partial charge is 0.433 e. The average molecular weight is 512 g/mol. The third kappa shape index (κ3) is 5.00. The Bertz CT molecular complexity index is 1390. The molecule has 178 valence electrons. The summed E-state index contributed by atoms with van der Waals surface area (Å²) >= 11 is 12.1. The van der Waals surface area contributed by atoms with Gasteiger partial charge in [0.15, 0.2) is 11.3 Å². The quantitative estimate of drug-likeness (QED) is 0.404. The Morgan fingerprint density at radius 3 is 2.47 bits per heavy atom. The highest BCUT2D eigenvalue weighted by Gasteiger charge is 2.36. The summed E-state index contributed by atoms with van der Waals surface area (Å²) in [5.41, 5.74) is -1.07. The average Bonchev–Trinajstić information content (AvgIpc) is 3.34. The minimum absolute atomic E-state index is 0.0495. The van der Waals surface area contributed by atoms with Crippen LogP contribution in [0.5, 0.6) is 0 Å². The summed E-state index contributed by atoms with van der Waals surface area (Å²) in [6.07, 6.45) is -3.31. The number of amides is 1. The van der Waals surface area contributed by atoms with Gasteiger partial charge in [0.2, 0.25) is 5.95 Å². The second kappa shape index (κ2) is 8.55. The van der Waals surface area contributed by atoms with Crippen molar-refractivity contribution in [2.24, 2.45) is 0 Å². The molecule has 0 spiro atoms. The highest BCUT2D eigenvalue weighted by atomic mass is 35.5. The number of rotatable bonds is 4. The van der Waals surface area contributed by atoms with Crippen LogP contribution in [0.25, 0.3) is 5.65 Å². The molecule has 0 aliphatic carbocycles. The van der Waals surface area contributed by atoms with Gasteiger partial charge in [0.25, 0.3) is 5.91 Å². The van der Waals surface area contributed by atoms with Crippen molar-refractivity contribution in [3.63, 3.8) is 0 Å². The van der Waals surface area contributed by atoms with E-state index in [4.69, 9.17) is 23.2 Å². The van der Waals surface area contributed by atoms with Gasteiger partial charge < -0.3 is 0 Å². The Hall–Kier alpha value is -3.18. The van der Waals surface area contributed by atoms with E-state index >= 15 is 0 Å². The van der Waals surface area contributed by atoms with Crippen LogP contribution in [0.1, 0.15) is 48.2 Å². The molecule has 1 amide bonds. The van der Waals surface area contributed by atoms with Gasteiger partial charge in [-0.25, -0.2) is 19.2 Å². The lowest BCUT2D eigenvalue weighted by molar-refractivity contribution is -0.142. The lowest BCUT2D eigenvalue weighted by Gasteiger charge is -2.19. The monoisotopic (exact) mass is 511 g/mol. The predicted molar refractivity (Wildman–Crippen MR) is 120 cm³/mol. The number of aromatic nitrogens is 6. The van der Waals surface area contributed by atoms with E-state index in [1.165, 1.54) is 17.1 Å². The first-order valence-electron chi connectivity index (χ1n) is 9.94. The molecule has 0 aliphatic heterocycles. The molecule has 0 bridgehead atoms. The summed E-state index contributed by atoms with van der Waals surface area (Å²) < 4.78 is 43.0. The molecule has 0 radical (unpaired) electrons. The van der Waals surface area contributed by atoms with E-state index in [1.54, 1.807) is 39.0 Å². The molecule has 0 fully saturated rings. The molecule has 4 rings (SSSR count). The smallest absolute Gasteiger partial charge is 0.288 e. The van der Waals surface area contributed by atoms with Crippen LogP contribution in [-0.4, -0.2) is 35.3 Å². The zero-order valence-corrected chi connectivity index (χ0v) is 19.7. The van der Waals surface area contributed by atoms with Crippen LogP contribution in [0.15, 0.2) is 36.7 Å². The van der Waals surface area contributed by atoms with E-state index in [0.717, 1.165) is 11.6 Å². The fourth-order valence-corrected chi connectivity index (χ4v) is 3.56. The first-order chi connectivity index (χ1) is 15.8. The van der Waals surface area contributed by atoms with Gasteiger partial charge in [-0.1, -0.05) is 50.0 Å². The van der Waals surface area contributed by atoms with Gasteiger partial charge in [0.1, 0.15) is 12.0 Å². The number of nitrogens with one attached hydrogen (secondary N) is 1. The third-order valence-corrected chi connectivity index (χ3v) is 5.41. The zero-order chi connectivity index (χ0) is 24.8. The van der Waals surface area contributed by atoms with Crippen LogP contribution in [0, 0.1) is 0 Å². The van der Waals surface area contributed by atoms with E-state index in [1.807, 2.05) is 0 Å². The molecule has 13 heteroatoms. The van der Waals surface area contributed by atoms with Crippen molar-refractivity contribution in [3.05, 3.63) is 69.3 Å². The van der Waals surface area contributed by atoms with Gasteiger partial charge in [0, 0.05) is 21.5 Å². The Labute approximate surface area is 201 Å². The minimum atomic E-state index is -4.69.